The highest BCUT2D eigenvalue weighted by atomic mass is 35.5. The molecule has 1 spiro atoms. The molecule has 0 saturated carbocycles. The molecule has 4 nitrogen and oxygen atoms in total. The Morgan fingerprint density at radius 1 is 1.12 bits per heavy atom. The van der Waals surface area contributed by atoms with Crippen LogP contribution in [0.1, 0.15) is 42.5 Å². The van der Waals surface area contributed by atoms with Crippen LogP contribution in [0, 0.1) is 5.92 Å². The zero-order valence-electron chi connectivity index (χ0n) is 18.7. The van der Waals surface area contributed by atoms with Gasteiger partial charge in [0.15, 0.2) is 0 Å². The van der Waals surface area contributed by atoms with Crippen LogP contribution >= 0.6 is 23.2 Å². The number of likely N-dealkylation sites (tertiary alicyclic amines) is 1. The number of alkyl halides is 3. The van der Waals surface area contributed by atoms with Crippen LogP contribution in [-0.2, 0) is 27.2 Å². The van der Waals surface area contributed by atoms with E-state index < -0.39 is 23.7 Å². The Morgan fingerprint density at radius 3 is 2.41 bits per heavy atom. The molecule has 3 heterocycles. The topological polar surface area (TPSA) is 41.9 Å². The van der Waals surface area contributed by atoms with Crippen molar-refractivity contribution < 1.29 is 22.7 Å². The van der Waals surface area contributed by atoms with E-state index in [-0.39, 0.29) is 33.9 Å². The first-order valence-corrected chi connectivity index (χ1v) is 11.8. The molecule has 1 unspecified atom stereocenters. The van der Waals surface area contributed by atoms with Gasteiger partial charge in [-0.15, -0.1) is 0 Å². The molecule has 9 heteroatoms. The lowest BCUT2D eigenvalue weighted by atomic mass is 9.76. The minimum atomic E-state index is -4.53. The Labute approximate surface area is 205 Å². The Kier molecular flexibility index (Phi) is 5.54. The molecular formula is C25H23Cl2F3N2O2. The molecule has 5 rings (SSSR count). The smallest absolute Gasteiger partial charge is 0.362 e. The Balaban J connectivity index is 1.41. The molecule has 0 N–H and O–H groups in total. The van der Waals surface area contributed by atoms with Gasteiger partial charge in [-0.1, -0.05) is 49.2 Å². The minimum Gasteiger partial charge on any atom is -0.362 e. The van der Waals surface area contributed by atoms with Crippen LogP contribution in [0.15, 0.2) is 41.4 Å². The molecule has 2 aromatic rings. The summed E-state index contributed by atoms with van der Waals surface area (Å²) >= 11 is 12.0. The van der Waals surface area contributed by atoms with E-state index in [0.29, 0.717) is 31.0 Å². The van der Waals surface area contributed by atoms with Gasteiger partial charge in [-0.2, -0.15) is 13.2 Å². The summed E-state index contributed by atoms with van der Waals surface area (Å²) < 4.78 is 49.2. The van der Waals surface area contributed by atoms with E-state index in [9.17, 15) is 18.0 Å². The summed E-state index contributed by atoms with van der Waals surface area (Å²) in [4.78, 5) is 18.4. The zero-order chi connectivity index (χ0) is 24.5. The van der Waals surface area contributed by atoms with Crippen LogP contribution in [0.3, 0.4) is 0 Å². The van der Waals surface area contributed by atoms with Crippen LogP contribution in [0.4, 0.5) is 13.2 Å². The second-order valence-corrected chi connectivity index (χ2v) is 10.6. The quantitative estimate of drug-likeness (QED) is 0.514. The molecule has 1 atom stereocenters. The van der Waals surface area contributed by atoms with Gasteiger partial charge in [-0.3, -0.25) is 9.79 Å². The predicted molar refractivity (Wildman–Crippen MR) is 125 cm³/mol. The summed E-state index contributed by atoms with van der Waals surface area (Å²) in [6.45, 7) is 4.64. The number of fused-ring (bicyclic) bond motifs is 2. The number of carbonyl (C=O) groups excluding carboxylic acids is 1. The van der Waals surface area contributed by atoms with Crippen LogP contribution in [0.2, 0.25) is 10.0 Å². The molecule has 1 fully saturated rings. The summed E-state index contributed by atoms with van der Waals surface area (Å²) in [5, 5.41) is 0.315. The van der Waals surface area contributed by atoms with Gasteiger partial charge in [0.25, 0.3) is 0 Å². The third kappa shape index (κ3) is 3.64. The van der Waals surface area contributed by atoms with E-state index in [2.05, 4.69) is 4.99 Å². The maximum atomic E-state index is 14.4. The number of benzene rings is 2. The molecule has 0 aromatic heterocycles. The number of hydrogen-bond acceptors (Lipinski definition) is 3. The average Bonchev–Trinajstić information content (AvgIpc) is 3.34. The van der Waals surface area contributed by atoms with Crippen molar-refractivity contribution in [3.05, 3.63) is 68.7 Å². The molecule has 1 saturated heterocycles. The van der Waals surface area contributed by atoms with Crippen molar-refractivity contribution in [1.82, 2.24) is 4.90 Å². The van der Waals surface area contributed by atoms with E-state index >= 15 is 0 Å². The summed E-state index contributed by atoms with van der Waals surface area (Å²) in [5.74, 6) is 0.00784. The summed E-state index contributed by atoms with van der Waals surface area (Å²) in [5.41, 5.74) is 0.265. The first kappa shape index (κ1) is 23.6. The van der Waals surface area contributed by atoms with Crippen LogP contribution < -0.4 is 0 Å². The summed E-state index contributed by atoms with van der Waals surface area (Å²) in [6, 6.07) is 9.63. The maximum absolute atomic E-state index is 14.4. The van der Waals surface area contributed by atoms with Crippen LogP contribution in [0.25, 0.3) is 0 Å². The van der Waals surface area contributed by atoms with Crippen molar-refractivity contribution in [3.8, 4) is 0 Å². The molecule has 2 aromatic carbocycles. The molecule has 34 heavy (non-hydrogen) atoms. The zero-order valence-corrected chi connectivity index (χ0v) is 20.2. The van der Waals surface area contributed by atoms with Gasteiger partial charge in [0.2, 0.25) is 5.91 Å². The number of nitrogens with zero attached hydrogens (tertiary/aromatic N) is 2. The van der Waals surface area contributed by atoms with E-state index in [1.54, 1.807) is 11.0 Å². The Morgan fingerprint density at radius 2 is 1.79 bits per heavy atom. The highest BCUT2D eigenvalue weighted by Gasteiger charge is 2.59. The van der Waals surface area contributed by atoms with Gasteiger partial charge in [-0.25, -0.2) is 0 Å². The number of halogens is 5. The molecule has 180 valence electrons. The van der Waals surface area contributed by atoms with Crippen molar-refractivity contribution in [3.63, 3.8) is 0 Å². The van der Waals surface area contributed by atoms with Crippen molar-refractivity contribution in [1.29, 1.82) is 0 Å². The van der Waals surface area contributed by atoms with E-state index in [1.807, 2.05) is 26.0 Å². The number of aliphatic imine (C=N–C) groups is 1. The second kappa shape index (κ2) is 7.97. The first-order chi connectivity index (χ1) is 15.9. The number of rotatable bonds is 3. The molecule has 0 radical (unpaired) electrons. The largest absolute Gasteiger partial charge is 0.400 e. The number of ether oxygens (including phenoxy) is 1. The highest BCUT2D eigenvalue weighted by molar-refractivity contribution is 6.34. The van der Waals surface area contributed by atoms with Gasteiger partial charge in [-0.05, 0) is 46.5 Å². The first-order valence-electron chi connectivity index (χ1n) is 11.1. The Hall–Kier alpha value is -2.09. The fourth-order valence-electron chi connectivity index (χ4n) is 5.18. The third-order valence-corrected chi connectivity index (χ3v) is 7.53. The molecule has 0 bridgehead atoms. The normalized spacial score (nSPS) is 23.3. The maximum Gasteiger partial charge on any atom is 0.400 e. The second-order valence-electron chi connectivity index (χ2n) is 9.68. The number of carbonyl (C=O) groups is 1. The lowest BCUT2D eigenvalue weighted by molar-refractivity contribution is -0.183. The Bertz CT molecular complexity index is 1180. The standard InChI is InChI=1S/C25H23Cl2F3N2O2/c1-14(2)22(33)32-12-24(13-32)20-4-3-15(5-16(20)10-34-24)21-9-23(11-31-21,25(28,29)30)17-6-18(26)8-19(27)7-17/h3-8,14H,9-13H2,1-2H3. The van der Waals surface area contributed by atoms with E-state index in [4.69, 9.17) is 27.9 Å². The van der Waals surface area contributed by atoms with Crippen molar-refractivity contribution in [2.45, 2.75) is 44.1 Å². The van der Waals surface area contributed by atoms with E-state index in [1.165, 1.54) is 18.2 Å². The number of hydrogen-bond donors (Lipinski definition) is 0. The highest BCUT2D eigenvalue weighted by Crippen LogP contribution is 2.49. The summed E-state index contributed by atoms with van der Waals surface area (Å²) in [6.07, 6.45) is -4.83. The molecule has 0 aliphatic carbocycles. The fraction of sp³-hybridized carbons (Fsp3) is 0.440. The van der Waals surface area contributed by atoms with Gasteiger partial charge in [0, 0.05) is 28.1 Å². The molecule has 3 aliphatic rings. The lowest BCUT2D eigenvalue weighted by Gasteiger charge is -2.48. The minimum absolute atomic E-state index is 0.0177. The van der Waals surface area contributed by atoms with Crippen LogP contribution in [0.5, 0.6) is 0 Å². The van der Waals surface area contributed by atoms with Gasteiger partial charge >= 0.3 is 6.18 Å². The summed E-state index contributed by atoms with van der Waals surface area (Å²) in [7, 11) is 0. The van der Waals surface area contributed by atoms with Gasteiger partial charge in [0.1, 0.15) is 11.0 Å². The van der Waals surface area contributed by atoms with Gasteiger partial charge in [0.05, 0.1) is 26.2 Å². The molecule has 1 amide bonds. The van der Waals surface area contributed by atoms with Crippen LogP contribution in [-0.4, -0.2) is 42.3 Å². The molecular weight excluding hydrogens is 488 g/mol. The monoisotopic (exact) mass is 510 g/mol. The van der Waals surface area contributed by atoms with Gasteiger partial charge < -0.3 is 9.64 Å². The van der Waals surface area contributed by atoms with Crippen molar-refractivity contribution >= 4 is 34.8 Å². The molecule has 3 aliphatic heterocycles. The van der Waals surface area contributed by atoms with E-state index in [0.717, 1.165) is 11.1 Å². The average molecular weight is 511 g/mol. The van der Waals surface area contributed by atoms with Crippen molar-refractivity contribution in [2.24, 2.45) is 10.9 Å². The SMILES string of the molecule is CC(C)C(=O)N1CC2(C1)OCc1cc(C3=NCC(c4cc(Cl)cc(Cl)c4)(C(F)(F)F)C3)ccc12. The number of amides is 1. The van der Waals surface area contributed by atoms with Crippen molar-refractivity contribution in [2.75, 3.05) is 19.6 Å². The lowest BCUT2D eigenvalue weighted by Crippen LogP contribution is -2.61. The third-order valence-electron chi connectivity index (χ3n) is 7.10. The fourth-order valence-corrected chi connectivity index (χ4v) is 5.71. The predicted octanol–water partition coefficient (Wildman–Crippen LogP) is 5.91.